The molecular weight excluding hydrogens is 208 g/mol. The average Bonchev–Trinajstić information content (AvgIpc) is 2.19. The molecule has 0 unspecified atom stereocenters. The Morgan fingerprint density at radius 3 is 2.53 bits per heavy atom. The molecule has 0 aliphatic carbocycles. The van der Waals surface area contributed by atoms with E-state index in [1.54, 1.807) is 0 Å². The summed E-state index contributed by atoms with van der Waals surface area (Å²) >= 11 is 5.98. The topological polar surface area (TPSA) is 29.3 Å². The van der Waals surface area contributed by atoms with Crippen molar-refractivity contribution in [3.63, 3.8) is 0 Å². The van der Waals surface area contributed by atoms with Gasteiger partial charge in [-0.05, 0) is 38.1 Å². The van der Waals surface area contributed by atoms with E-state index in [0.29, 0.717) is 16.8 Å². The first-order chi connectivity index (χ1) is 7.04. The molecule has 1 rings (SSSR count). The summed E-state index contributed by atoms with van der Waals surface area (Å²) in [5.74, 6) is 0. The quantitative estimate of drug-likeness (QED) is 0.800. The minimum absolute atomic E-state index is 0.548. The molecule has 0 aliphatic heterocycles. The molecule has 2 nitrogen and oxygen atoms in total. The van der Waals surface area contributed by atoms with Crippen molar-refractivity contribution >= 4 is 17.3 Å². The minimum atomic E-state index is 0.548. The summed E-state index contributed by atoms with van der Waals surface area (Å²) in [6.07, 6.45) is 0. The maximum Gasteiger partial charge on any atom is 0.0638 e. The fourth-order valence-electron chi connectivity index (χ4n) is 1.56. The second-order valence-electron chi connectivity index (χ2n) is 4.01. The minimum Gasteiger partial charge on any atom is -0.398 e. The van der Waals surface area contributed by atoms with Gasteiger partial charge in [0, 0.05) is 12.6 Å². The van der Waals surface area contributed by atoms with Gasteiger partial charge in [0.15, 0.2) is 0 Å². The van der Waals surface area contributed by atoms with Crippen LogP contribution in [-0.2, 0) is 6.54 Å². The van der Waals surface area contributed by atoms with Gasteiger partial charge in [-0.25, -0.2) is 0 Å². The highest BCUT2D eigenvalue weighted by Gasteiger charge is 2.08. The highest BCUT2D eigenvalue weighted by molar-refractivity contribution is 6.33. The zero-order chi connectivity index (χ0) is 11.4. The molecule has 3 heteroatoms. The van der Waals surface area contributed by atoms with Gasteiger partial charge in [0.25, 0.3) is 0 Å². The lowest BCUT2D eigenvalue weighted by Crippen LogP contribution is -2.29. The van der Waals surface area contributed by atoms with E-state index >= 15 is 0 Å². The van der Waals surface area contributed by atoms with Crippen molar-refractivity contribution in [2.45, 2.75) is 33.4 Å². The Bertz CT molecular complexity index is 323. The van der Waals surface area contributed by atoms with Crippen molar-refractivity contribution in [2.75, 3.05) is 12.3 Å². The van der Waals surface area contributed by atoms with Gasteiger partial charge in [0.05, 0.1) is 10.7 Å². The number of rotatable bonds is 4. The van der Waals surface area contributed by atoms with E-state index in [0.717, 1.165) is 13.1 Å². The molecule has 0 fully saturated rings. The van der Waals surface area contributed by atoms with Crippen LogP contribution in [-0.4, -0.2) is 17.5 Å². The second kappa shape index (κ2) is 5.38. The van der Waals surface area contributed by atoms with Crippen molar-refractivity contribution in [3.8, 4) is 0 Å². The smallest absolute Gasteiger partial charge is 0.0638 e. The molecule has 0 saturated carbocycles. The average molecular weight is 227 g/mol. The van der Waals surface area contributed by atoms with Crippen molar-refractivity contribution in [3.05, 3.63) is 28.8 Å². The van der Waals surface area contributed by atoms with Crippen LogP contribution >= 0.6 is 11.6 Å². The van der Waals surface area contributed by atoms with E-state index < -0.39 is 0 Å². The summed E-state index contributed by atoms with van der Waals surface area (Å²) in [5.41, 5.74) is 7.53. The first-order valence-electron chi connectivity index (χ1n) is 5.32. The Morgan fingerprint density at radius 2 is 2.07 bits per heavy atom. The van der Waals surface area contributed by atoms with Crippen LogP contribution in [0.25, 0.3) is 0 Å². The lowest BCUT2D eigenvalue weighted by Gasteiger charge is -2.24. The fraction of sp³-hybridized carbons (Fsp3) is 0.500. The molecule has 0 aromatic heterocycles. The number of halogens is 1. The molecule has 1 aromatic rings. The number of hydrogen-bond donors (Lipinski definition) is 1. The number of nitrogens with two attached hydrogens (primary N) is 1. The third-order valence-corrected chi connectivity index (χ3v) is 2.91. The number of nitrogen functional groups attached to an aromatic ring is 1. The molecule has 0 aliphatic rings. The van der Waals surface area contributed by atoms with E-state index in [1.807, 2.05) is 18.2 Å². The van der Waals surface area contributed by atoms with Crippen LogP contribution in [0, 0.1) is 0 Å². The van der Waals surface area contributed by atoms with E-state index in [-0.39, 0.29) is 0 Å². The third-order valence-electron chi connectivity index (χ3n) is 2.59. The maximum absolute atomic E-state index is 5.98. The molecule has 0 heterocycles. The zero-order valence-corrected chi connectivity index (χ0v) is 10.4. The maximum atomic E-state index is 5.98. The normalized spacial score (nSPS) is 11.3. The monoisotopic (exact) mass is 226 g/mol. The number of hydrogen-bond acceptors (Lipinski definition) is 2. The highest BCUT2D eigenvalue weighted by atomic mass is 35.5. The second-order valence-corrected chi connectivity index (χ2v) is 4.42. The lowest BCUT2D eigenvalue weighted by molar-refractivity contribution is 0.225. The van der Waals surface area contributed by atoms with Crippen LogP contribution in [0.1, 0.15) is 26.3 Å². The van der Waals surface area contributed by atoms with Gasteiger partial charge < -0.3 is 5.73 Å². The van der Waals surface area contributed by atoms with Crippen LogP contribution in [0.2, 0.25) is 5.02 Å². The van der Waals surface area contributed by atoms with E-state index in [1.165, 1.54) is 5.56 Å². The van der Waals surface area contributed by atoms with Crippen LogP contribution in [0.5, 0.6) is 0 Å². The standard InChI is InChI=1S/C12H19ClN2/c1-4-15(9(2)3)8-10-5-6-12(14)11(13)7-10/h5-7,9H,4,8,14H2,1-3H3. The third kappa shape index (κ3) is 3.40. The summed E-state index contributed by atoms with van der Waals surface area (Å²) in [6.45, 7) is 8.53. The predicted octanol–water partition coefficient (Wildman–Crippen LogP) is 3.15. The van der Waals surface area contributed by atoms with Gasteiger partial charge in [-0.15, -0.1) is 0 Å². The van der Waals surface area contributed by atoms with Gasteiger partial charge in [-0.1, -0.05) is 24.6 Å². The Balaban J connectivity index is 2.75. The lowest BCUT2D eigenvalue weighted by atomic mass is 10.1. The largest absolute Gasteiger partial charge is 0.398 e. The molecular formula is C12H19ClN2. The summed E-state index contributed by atoms with van der Waals surface area (Å²) in [4.78, 5) is 2.38. The molecule has 0 atom stereocenters. The summed E-state index contributed by atoms with van der Waals surface area (Å²) in [6, 6.07) is 6.39. The van der Waals surface area contributed by atoms with Crippen molar-refractivity contribution < 1.29 is 0 Å². The Labute approximate surface area is 97.0 Å². The molecule has 84 valence electrons. The molecule has 0 radical (unpaired) electrons. The van der Waals surface area contributed by atoms with E-state index in [9.17, 15) is 0 Å². The van der Waals surface area contributed by atoms with Crippen molar-refractivity contribution in [1.29, 1.82) is 0 Å². The molecule has 0 saturated heterocycles. The Morgan fingerprint density at radius 1 is 1.40 bits per heavy atom. The van der Waals surface area contributed by atoms with Crippen molar-refractivity contribution in [1.82, 2.24) is 4.90 Å². The van der Waals surface area contributed by atoms with E-state index in [2.05, 4.69) is 25.7 Å². The van der Waals surface area contributed by atoms with Crippen LogP contribution < -0.4 is 5.73 Å². The Hall–Kier alpha value is -0.730. The summed E-state index contributed by atoms with van der Waals surface area (Å²) < 4.78 is 0. The van der Waals surface area contributed by atoms with Gasteiger partial charge in [-0.2, -0.15) is 0 Å². The molecule has 2 N–H and O–H groups in total. The Kier molecular flexibility index (Phi) is 4.43. The zero-order valence-electron chi connectivity index (χ0n) is 9.63. The van der Waals surface area contributed by atoms with Gasteiger partial charge in [0.1, 0.15) is 0 Å². The highest BCUT2D eigenvalue weighted by Crippen LogP contribution is 2.20. The summed E-state index contributed by atoms with van der Waals surface area (Å²) in [5, 5.41) is 0.646. The first-order valence-corrected chi connectivity index (χ1v) is 5.70. The summed E-state index contributed by atoms with van der Waals surface area (Å²) in [7, 11) is 0. The van der Waals surface area contributed by atoms with Crippen molar-refractivity contribution in [2.24, 2.45) is 0 Å². The SMILES string of the molecule is CCN(Cc1ccc(N)c(Cl)c1)C(C)C. The molecule has 0 spiro atoms. The molecule has 0 bridgehead atoms. The molecule has 1 aromatic carbocycles. The van der Waals surface area contributed by atoms with Crippen LogP contribution in [0.4, 0.5) is 5.69 Å². The molecule has 15 heavy (non-hydrogen) atoms. The van der Waals surface area contributed by atoms with Gasteiger partial charge >= 0.3 is 0 Å². The number of nitrogens with zero attached hydrogens (tertiary/aromatic N) is 1. The number of anilines is 1. The predicted molar refractivity (Wildman–Crippen MR) is 67.1 cm³/mol. The first kappa shape index (κ1) is 12.3. The van der Waals surface area contributed by atoms with Gasteiger partial charge in [0.2, 0.25) is 0 Å². The number of benzene rings is 1. The van der Waals surface area contributed by atoms with Crippen LogP contribution in [0.3, 0.4) is 0 Å². The van der Waals surface area contributed by atoms with Crippen LogP contribution in [0.15, 0.2) is 18.2 Å². The van der Waals surface area contributed by atoms with Gasteiger partial charge in [-0.3, -0.25) is 4.90 Å². The van der Waals surface area contributed by atoms with E-state index in [4.69, 9.17) is 17.3 Å². The molecule has 0 amide bonds. The fourth-order valence-corrected chi connectivity index (χ4v) is 1.77.